The third kappa shape index (κ3) is 2.90. The zero-order valence-electron chi connectivity index (χ0n) is 10.8. The number of rotatable bonds is 4. The Morgan fingerprint density at radius 3 is 2.95 bits per heavy atom. The number of methoxy groups -OCH3 is 1. The summed E-state index contributed by atoms with van der Waals surface area (Å²) in [4.78, 5) is 15.5. The lowest BCUT2D eigenvalue weighted by Gasteiger charge is -2.04. The summed E-state index contributed by atoms with van der Waals surface area (Å²) in [5.41, 5.74) is 6.19. The van der Waals surface area contributed by atoms with Crippen molar-refractivity contribution in [2.45, 2.75) is 24.3 Å². The lowest BCUT2D eigenvalue weighted by atomic mass is 10.2. The highest BCUT2D eigenvalue weighted by molar-refractivity contribution is 7.99. The number of hydrogen-bond donors (Lipinski definition) is 2. The molecule has 0 amide bonds. The Balaban J connectivity index is 2.15. The van der Waals surface area contributed by atoms with Crippen LogP contribution >= 0.6 is 11.8 Å². The Morgan fingerprint density at radius 2 is 2.37 bits per heavy atom. The summed E-state index contributed by atoms with van der Waals surface area (Å²) in [5.74, 6) is 0.661. The maximum absolute atomic E-state index is 11.5. The van der Waals surface area contributed by atoms with Crippen molar-refractivity contribution in [2.75, 3.05) is 12.8 Å². The molecule has 0 fully saturated rings. The molecule has 7 nitrogen and oxygen atoms in total. The number of aryl methyl sites for hydroxylation is 1. The van der Waals surface area contributed by atoms with Gasteiger partial charge in [0.15, 0.2) is 0 Å². The average Bonchev–Trinajstić information content (AvgIpc) is 2.95. The fraction of sp³-hybridized carbons (Fsp3) is 0.364. The van der Waals surface area contributed by atoms with E-state index in [1.165, 1.54) is 18.9 Å². The number of carbonyl (C=O) groups excluding carboxylic acids is 1. The Hall–Kier alpha value is -1.96. The van der Waals surface area contributed by atoms with E-state index in [4.69, 9.17) is 10.2 Å². The number of nitrogen functional groups attached to an aromatic ring is 1. The molecule has 8 heteroatoms. The van der Waals surface area contributed by atoms with Crippen LogP contribution in [0.4, 0.5) is 5.95 Å². The van der Waals surface area contributed by atoms with Crippen LogP contribution in [0, 0.1) is 6.92 Å². The van der Waals surface area contributed by atoms with Crippen molar-refractivity contribution < 1.29 is 13.9 Å². The van der Waals surface area contributed by atoms with Gasteiger partial charge in [-0.25, -0.2) is 9.89 Å². The van der Waals surface area contributed by atoms with Gasteiger partial charge in [0, 0.05) is 5.56 Å². The first kappa shape index (κ1) is 13.5. The highest BCUT2D eigenvalue weighted by Gasteiger charge is 2.20. The first-order chi connectivity index (χ1) is 9.01. The van der Waals surface area contributed by atoms with Crippen LogP contribution in [0.25, 0.3) is 0 Å². The highest BCUT2D eigenvalue weighted by Crippen LogP contribution is 2.34. The molecule has 3 N–H and O–H groups in total. The quantitative estimate of drug-likeness (QED) is 0.651. The summed E-state index contributed by atoms with van der Waals surface area (Å²) in [6.45, 7) is 3.72. The number of anilines is 1. The van der Waals surface area contributed by atoms with Crippen LogP contribution in [0.5, 0.6) is 0 Å². The molecule has 0 saturated carbocycles. The second-order valence-corrected chi connectivity index (χ2v) is 5.22. The lowest BCUT2D eigenvalue weighted by Crippen LogP contribution is -2.00. The molecule has 0 aromatic carbocycles. The van der Waals surface area contributed by atoms with Crippen LogP contribution in [0.3, 0.4) is 0 Å². The molecule has 0 spiro atoms. The van der Waals surface area contributed by atoms with Crippen molar-refractivity contribution in [3.63, 3.8) is 0 Å². The zero-order chi connectivity index (χ0) is 14.0. The van der Waals surface area contributed by atoms with Crippen molar-refractivity contribution in [3.8, 4) is 0 Å². The van der Waals surface area contributed by atoms with Gasteiger partial charge in [0.25, 0.3) is 0 Å². The molecule has 102 valence electrons. The summed E-state index contributed by atoms with van der Waals surface area (Å²) in [7, 11) is 1.32. The van der Waals surface area contributed by atoms with Gasteiger partial charge < -0.3 is 14.9 Å². The topological polar surface area (TPSA) is 107 Å². The number of aromatic nitrogens is 3. The SMILES string of the molecule is COC(=O)c1oc([C@@H](C)Sc2n[nH]c(N)n2)cc1C. The van der Waals surface area contributed by atoms with Gasteiger partial charge in [-0.3, -0.25) is 0 Å². The summed E-state index contributed by atoms with van der Waals surface area (Å²) < 4.78 is 10.2. The van der Waals surface area contributed by atoms with Crippen molar-refractivity contribution in [1.82, 2.24) is 15.2 Å². The van der Waals surface area contributed by atoms with Crippen LogP contribution in [0.15, 0.2) is 15.6 Å². The van der Waals surface area contributed by atoms with E-state index >= 15 is 0 Å². The molecule has 0 aliphatic carbocycles. The van der Waals surface area contributed by atoms with E-state index in [2.05, 4.69) is 19.9 Å². The Bertz CT molecular complexity index is 593. The van der Waals surface area contributed by atoms with E-state index in [1.807, 2.05) is 6.92 Å². The fourth-order valence-corrected chi connectivity index (χ4v) is 2.33. The van der Waals surface area contributed by atoms with E-state index in [0.29, 0.717) is 10.9 Å². The molecular weight excluding hydrogens is 268 g/mol. The number of hydrogen-bond acceptors (Lipinski definition) is 7. The summed E-state index contributed by atoms with van der Waals surface area (Å²) in [6.07, 6.45) is 0. The number of nitrogens with two attached hydrogens (primary N) is 1. The monoisotopic (exact) mass is 282 g/mol. The standard InChI is InChI=1S/C11H14N4O3S/c1-5-4-7(18-8(5)9(16)17-3)6(2)19-11-13-10(12)14-15-11/h4,6H,1-3H3,(H3,12,13,14,15)/t6-/m1/s1. The van der Waals surface area contributed by atoms with Crippen LogP contribution in [-0.4, -0.2) is 28.3 Å². The van der Waals surface area contributed by atoms with E-state index in [9.17, 15) is 4.79 Å². The van der Waals surface area contributed by atoms with Crippen molar-refractivity contribution in [2.24, 2.45) is 0 Å². The Kier molecular flexibility index (Phi) is 3.79. The molecule has 0 aliphatic rings. The van der Waals surface area contributed by atoms with Gasteiger partial charge in [-0.1, -0.05) is 11.8 Å². The van der Waals surface area contributed by atoms with Crippen LogP contribution < -0.4 is 5.73 Å². The van der Waals surface area contributed by atoms with E-state index in [-0.39, 0.29) is 17.0 Å². The van der Waals surface area contributed by atoms with Crippen LogP contribution in [0.2, 0.25) is 0 Å². The molecule has 0 radical (unpaired) electrons. The predicted octanol–water partition coefficient (Wildman–Crippen LogP) is 1.93. The van der Waals surface area contributed by atoms with E-state index in [0.717, 1.165) is 5.56 Å². The summed E-state index contributed by atoms with van der Waals surface area (Å²) in [5, 5.41) is 6.97. The maximum Gasteiger partial charge on any atom is 0.374 e. The van der Waals surface area contributed by atoms with Gasteiger partial charge in [0.2, 0.25) is 16.9 Å². The number of nitrogens with zero attached hydrogens (tertiary/aromatic N) is 2. The van der Waals surface area contributed by atoms with Gasteiger partial charge >= 0.3 is 5.97 Å². The summed E-state index contributed by atoms with van der Waals surface area (Å²) >= 11 is 1.38. The van der Waals surface area contributed by atoms with Crippen LogP contribution in [0.1, 0.15) is 34.1 Å². The van der Waals surface area contributed by atoms with E-state index < -0.39 is 5.97 Å². The average molecular weight is 282 g/mol. The van der Waals surface area contributed by atoms with Gasteiger partial charge in [-0.2, -0.15) is 4.98 Å². The molecule has 2 rings (SSSR count). The first-order valence-electron chi connectivity index (χ1n) is 5.54. The fourth-order valence-electron chi connectivity index (χ4n) is 1.53. The third-order valence-corrected chi connectivity index (χ3v) is 3.45. The Labute approximate surface area is 113 Å². The number of ether oxygens (including phenoxy) is 1. The second-order valence-electron chi connectivity index (χ2n) is 3.92. The smallest absolute Gasteiger partial charge is 0.374 e. The predicted molar refractivity (Wildman–Crippen MR) is 69.9 cm³/mol. The molecule has 0 aliphatic heterocycles. The minimum Gasteiger partial charge on any atom is -0.463 e. The molecule has 2 aromatic heterocycles. The van der Waals surface area contributed by atoms with Crippen molar-refractivity contribution in [3.05, 3.63) is 23.2 Å². The van der Waals surface area contributed by atoms with Gasteiger partial charge in [0.1, 0.15) is 5.76 Å². The number of carbonyl (C=O) groups is 1. The number of aromatic amines is 1. The largest absolute Gasteiger partial charge is 0.463 e. The number of furan rings is 1. The number of esters is 1. The molecule has 2 aromatic rings. The number of nitrogens with one attached hydrogen (secondary N) is 1. The Morgan fingerprint density at radius 1 is 1.63 bits per heavy atom. The molecule has 0 unspecified atom stereocenters. The van der Waals surface area contributed by atoms with E-state index in [1.54, 1.807) is 13.0 Å². The third-order valence-electron chi connectivity index (χ3n) is 2.47. The van der Waals surface area contributed by atoms with Crippen molar-refractivity contribution in [1.29, 1.82) is 0 Å². The minimum absolute atomic E-state index is 0.0488. The highest BCUT2D eigenvalue weighted by atomic mass is 32.2. The maximum atomic E-state index is 11.5. The second kappa shape index (κ2) is 5.35. The van der Waals surface area contributed by atoms with Gasteiger partial charge in [-0.15, -0.1) is 5.10 Å². The number of thioether (sulfide) groups is 1. The molecule has 0 saturated heterocycles. The first-order valence-corrected chi connectivity index (χ1v) is 6.42. The lowest BCUT2D eigenvalue weighted by molar-refractivity contribution is 0.0562. The minimum atomic E-state index is -0.483. The normalized spacial score (nSPS) is 12.4. The summed E-state index contributed by atoms with van der Waals surface area (Å²) in [6, 6.07) is 1.81. The zero-order valence-corrected chi connectivity index (χ0v) is 11.6. The van der Waals surface area contributed by atoms with Crippen molar-refractivity contribution >= 4 is 23.7 Å². The molecule has 19 heavy (non-hydrogen) atoms. The van der Waals surface area contributed by atoms with Gasteiger partial charge in [0.05, 0.1) is 12.4 Å². The molecule has 2 heterocycles. The number of H-pyrrole nitrogens is 1. The van der Waals surface area contributed by atoms with Gasteiger partial charge in [-0.05, 0) is 19.9 Å². The molecular formula is C11H14N4O3S. The molecule has 0 bridgehead atoms. The molecule has 1 atom stereocenters. The van der Waals surface area contributed by atoms with Crippen LogP contribution in [-0.2, 0) is 4.74 Å².